The monoisotopic (exact) mass is 257 g/mol. The lowest BCUT2D eigenvalue weighted by molar-refractivity contribution is 0.301. The average Bonchev–Trinajstić information content (AvgIpc) is 2.39. The number of hydrogen-bond donors (Lipinski definition) is 0. The van der Waals surface area contributed by atoms with Gasteiger partial charge in [-0.05, 0) is 50.7 Å². The molecular weight excluding hydrogens is 230 g/mol. The Bertz CT molecular complexity index is 443. The van der Waals surface area contributed by atoms with E-state index in [9.17, 15) is 0 Å². The molecule has 0 saturated heterocycles. The molecule has 1 unspecified atom stereocenters. The van der Waals surface area contributed by atoms with Gasteiger partial charge in [-0.1, -0.05) is 44.4 Å². The summed E-state index contributed by atoms with van der Waals surface area (Å²) >= 11 is 0. The van der Waals surface area contributed by atoms with Gasteiger partial charge in [0.1, 0.15) is 0 Å². The van der Waals surface area contributed by atoms with Crippen LogP contribution in [0.4, 0.5) is 5.69 Å². The van der Waals surface area contributed by atoms with Gasteiger partial charge in [-0.3, -0.25) is 0 Å². The van der Waals surface area contributed by atoms with E-state index in [0.29, 0.717) is 11.5 Å². The third-order valence-electron chi connectivity index (χ3n) is 5.12. The molecule has 1 aliphatic carbocycles. The second-order valence-electron chi connectivity index (χ2n) is 7.14. The van der Waals surface area contributed by atoms with Gasteiger partial charge in [0.15, 0.2) is 0 Å². The minimum absolute atomic E-state index is 0.301. The van der Waals surface area contributed by atoms with Crippen LogP contribution in [0, 0.1) is 0 Å². The van der Waals surface area contributed by atoms with Crippen molar-refractivity contribution >= 4 is 5.69 Å². The first kappa shape index (κ1) is 13.0. The molecule has 1 aromatic rings. The number of anilines is 1. The van der Waals surface area contributed by atoms with Crippen LogP contribution in [0.15, 0.2) is 24.3 Å². The van der Waals surface area contributed by atoms with E-state index in [4.69, 9.17) is 0 Å². The maximum Gasteiger partial charge on any atom is 0.0408 e. The van der Waals surface area contributed by atoms with Crippen molar-refractivity contribution in [2.24, 2.45) is 0 Å². The Hall–Kier alpha value is -0.980. The first-order valence-corrected chi connectivity index (χ1v) is 7.98. The lowest BCUT2D eigenvalue weighted by atomic mass is 9.77. The zero-order valence-electron chi connectivity index (χ0n) is 12.7. The number of benzene rings is 1. The topological polar surface area (TPSA) is 3.24 Å². The number of hydrogen-bond acceptors (Lipinski definition) is 1. The molecule has 1 atom stereocenters. The molecule has 1 aliphatic heterocycles. The molecule has 0 aromatic heterocycles. The smallest absolute Gasteiger partial charge is 0.0408 e. The minimum Gasteiger partial charge on any atom is -0.363 e. The fourth-order valence-electron chi connectivity index (χ4n) is 4.44. The largest absolute Gasteiger partial charge is 0.363 e. The predicted octanol–water partition coefficient (Wildman–Crippen LogP) is 5.11. The highest BCUT2D eigenvalue weighted by Gasteiger charge is 2.39. The highest BCUT2D eigenvalue weighted by molar-refractivity contribution is 5.60. The molecule has 2 aliphatic rings. The van der Waals surface area contributed by atoms with Gasteiger partial charge in [-0.25, -0.2) is 0 Å². The Labute approximate surface area is 118 Å². The van der Waals surface area contributed by atoms with Crippen molar-refractivity contribution in [1.29, 1.82) is 0 Å². The molecule has 0 amide bonds. The van der Waals surface area contributed by atoms with E-state index >= 15 is 0 Å². The summed E-state index contributed by atoms with van der Waals surface area (Å²) in [5.74, 6) is 0.686. The summed E-state index contributed by atoms with van der Waals surface area (Å²) in [6.45, 7) is 7.26. The summed E-state index contributed by atoms with van der Waals surface area (Å²) in [5.41, 5.74) is 3.38. The fraction of sp³-hybridized carbons (Fsp3) is 0.667. The van der Waals surface area contributed by atoms with Gasteiger partial charge in [0.25, 0.3) is 0 Å². The van der Waals surface area contributed by atoms with Crippen LogP contribution in [0.1, 0.15) is 70.8 Å². The molecule has 104 valence electrons. The second-order valence-corrected chi connectivity index (χ2v) is 7.14. The van der Waals surface area contributed by atoms with E-state index in [-0.39, 0.29) is 0 Å². The molecule has 0 bridgehead atoms. The standard InChI is InChI=1S/C18H27N/c1-14-13-18(2,3)19(15-9-5-4-6-10-15)17-12-8-7-11-16(14)17/h7-8,11-12,14-15H,4-6,9-10,13H2,1-3H3. The number of nitrogens with zero attached hydrogens (tertiary/aromatic N) is 1. The van der Waals surface area contributed by atoms with Crippen LogP contribution in [0.25, 0.3) is 0 Å². The molecule has 0 spiro atoms. The lowest BCUT2D eigenvalue weighted by Crippen LogP contribution is -2.54. The first-order valence-electron chi connectivity index (χ1n) is 7.98. The SMILES string of the molecule is CC1CC(C)(C)N(C2CCCCC2)c2ccccc21. The van der Waals surface area contributed by atoms with E-state index in [0.717, 1.165) is 6.04 Å². The van der Waals surface area contributed by atoms with Crippen molar-refractivity contribution in [2.45, 2.75) is 76.8 Å². The lowest BCUT2D eigenvalue weighted by Gasteiger charge is -2.52. The van der Waals surface area contributed by atoms with Crippen LogP contribution in [-0.4, -0.2) is 11.6 Å². The van der Waals surface area contributed by atoms with Crippen molar-refractivity contribution in [3.63, 3.8) is 0 Å². The molecule has 19 heavy (non-hydrogen) atoms. The first-order chi connectivity index (χ1) is 9.09. The summed E-state index contributed by atoms with van der Waals surface area (Å²) in [6, 6.07) is 9.86. The number of fused-ring (bicyclic) bond motifs is 1. The van der Waals surface area contributed by atoms with Gasteiger partial charge in [0, 0.05) is 17.3 Å². The molecule has 0 radical (unpaired) electrons. The molecule has 3 rings (SSSR count). The van der Waals surface area contributed by atoms with Crippen LogP contribution in [0.5, 0.6) is 0 Å². The quantitative estimate of drug-likeness (QED) is 0.675. The van der Waals surface area contributed by atoms with Gasteiger partial charge in [-0.2, -0.15) is 0 Å². The Morgan fingerprint density at radius 3 is 2.47 bits per heavy atom. The van der Waals surface area contributed by atoms with Crippen molar-refractivity contribution in [3.05, 3.63) is 29.8 Å². The van der Waals surface area contributed by atoms with Crippen LogP contribution in [0.2, 0.25) is 0 Å². The van der Waals surface area contributed by atoms with Gasteiger partial charge in [0.2, 0.25) is 0 Å². The van der Waals surface area contributed by atoms with Crippen molar-refractivity contribution in [2.75, 3.05) is 4.90 Å². The summed E-state index contributed by atoms with van der Waals surface area (Å²) in [4.78, 5) is 2.77. The number of para-hydroxylation sites is 1. The van der Waals surface area contributed by atoms with Crippen molar-refractivity contribution in [1.82, 2.24) is 0 Å². The van der Waals surface area contributed by atoms with E-state index < -0.39 is 0 Å². The zero-order valence-corrected chi connectivity index (χ0v) is 12.7. The van der Waals surface area contributed by atoms with E-state index in [2.05, 4.69) is 49.9 Å². The molecule has 0 N–H and O–H groups in total. The molecule has 1 nitrogen and oxygen atoms in total. The van der Waals surface area contributed by atoms with Crippen LogP contribution < -0.4 is 4.90 Å². The molecule has 1 heteroatoms. The molecule has 1 aromatic carbocycles. The van der Waals surface area contributed by atoms with Crippen molar-refractivity contribution < 1.29 is 0 Å². The Kier molecular flexibility index (Phi) is 3.32. The third-order valence-corrected chi connectivity index (χ3v) is 5.12. The maximum absolute atomic E-state index is 2.77. The van der Waals surface area contributed by atoms with Gasteiger partial charge >= 0.3 is 0 Å². The molecule has 1 heterocycles. The van der Waals surface area contributed by atoms with Crippen LogP contribution >= 0.6 is 0 Å². The predicted molar refractivity (Wildman–Crippen MR) is 82.9 cm³/mol. The zero-order chi connectivity index (χ0) is 13.5. The maximum atomic E-state index is 2.77. The van der Waals surface area contributed by atoms with Gasteiger partial charge in [0.05, 0.1) is 0 Å². The highest BCUT2D eigenvalue weighted by Crippen LogP contribution is 2.46. The summed E-state index contributed by atoms with van der Waals surface area (Å²) < 4.78 is 0. The van der Waals surface area contributed by atoms with Crippen LogP contribution in [0.3, 0.4) is 0 Å². The number of rotatable bonds is 1. The Morgan fingerprint density at radius 1 is 1.05 bits per heavy atom. The van der Waals surface area contributed by atoms with E-state index in [1.54, 1.807) is 5.56 Å². The van der Waals surface area contributed by atoms with Crippen molar-refractivity contribution in [3.8, 4) is 0 Å². The highest BCUT2D eigenvalue weighted by atomic mass is 15.2. The van der Waals surface area contributed by atoms with Gasteiger partial charge in [-0.15, -0.1) is 0 Å². The fourth-order valence-corrected chi connectivity index (χ4v) is 4.44. The molecule has 1 saturated carbocycles. The molecular formula is C18H27N. The minimum atomic E-state index is 0.301. The second kappa shape index (κ2) is 4.85. The summed E-state index contributed by atoms with van der Waals surface area (Å²) in [7, 11) is 0. The van der Waals surface area contributed by atoms with E-state index in [1.807, 2.05) is 0 Å². The van der Waals surface area contributed by atoms with E-state index in [1.165, 1.54) is 44.2 Å². The third kappa shape index (κ3) is 2.28. The summed E-state index contributed by atoms with van der Waals surface area (Å²) in [6.07, 6.45) is 8.30. The molecule has 1 fully saturated rings. The average molecular weight is 257 g/mol. The summed E-state index contributed by atoms with van der Waals surface area (Å²) in [5, 5.41) is 0. The van der Waals surface area contributed by atoms with Gasteiger partial charge < -0.3 is 4.90 Å². The normalized spacial score (nSPS) is 27.1. The van der Waals surface area contributed by atoms with Crippen LogP contribution in [-0.2, 0) is 0 Å². The Balaban J connectivity index is 2.01. The Morgan fingerprint density at radius 2 is 1.74 bits per heavy atom.